The molecule has 2 aromatic carbocycles. The maximum absolute atomic E-state index is 14.5. The highest BCUT2D eigenvalue weighted by Gasteiger charge is 2.58. The summed E-state index contributed by atoms with van der Waals surface area (Å²) in [6.45, 7) is 10.8. The molecular weight excluding hydrogens is 565 g/mol. The SMILES string of the molecule is CCOC(=O)C1(N(CC)C(=O)C2=C(C(C)C)N(C)C(c3ccc(Cl)cc3)[C@](C)(c3ccc(Cl)cc3)N(C)S2)CC1. The van der Waals surface area contributed by atoms with E-state index in [1.165, 1.54) is 11.9 Å². The molecule has 4 rings (SSSR count). The number of carbonyl (C=O) groups excluding carboxylic acids is 2. The molecular formula is C31H39Cl2N3O3S. The van der Waals surface area contributed by atoms with Gasteiger partial charge in [0, 0.05) is 29.3 Å². The van der Waals surface area contributed by atoms with Gasteiger partial charge in [0.25, 0.3) is 5.91 Å². The number of hydrogen-bond acceptors (Lipinski definition) is 6. The molecule has 1 unspecified atom stereocenters. The molecule has 0 spiro atoms. The number of likely N-dealkylation sites (N-methyl/N-ethyl adjacent to an activating group) is 3. The average Bonchev–Trinajstić information content (AvgIpc) is 3.72. The fourth-order valence-electron chi connectivity index (χ4n) is 6.00. The number of halogens is 2. The number of nitrogens with zero attached hydrogens (tertiary/aromatic N) is 3. The van der Waals surface area contributed by atoms with Crippen LogP contribution in [0, 0.1) is 5.92 Å². The van der Waals surface area contributed by atoms with Crippen LogP contribution in [-0.4, -0.2) is 58.8 Å². The minimum Gasteiger partial charge on any atom is -0.464 e. The zero-order valence-electron chi connectivity index (χ0n) is 24.3. The minimum atomic E-state index is -0.893. The van der Waals surface area contributed by atoms with Crippen LogP contribution in [0.15, 0.2) is 59.1 Å². The number of ether oxygens (including phenoxy) is 1. The summed E-state index contributed by atoms with van der Waals surface area (Å²) in [5.41, 5.74) is 1.58. The second-order valence-electron chi connectivity index (χ2n) is 11.0. The Morgan fingerprint density at radius 3 is 2.05 bits per heavy atom. The summed E-state index contributed by atoms with van der Waals surface area (Å²) in [6.07, 6.45) is 1.23. The van der Waals surface area contributed by atoms with Crippen LogP contribution < -0.4 is 0 Å². The smallest absolute Gasteiger partial charge is 0.332 e. The van der Waals surface area contributed by atoms with Crippen LogP contribution in [0.2, 0.25) is 10.0 Å². The van der Waals surface area contributed by atoms with Gasteiger partial charge in [-0.2, -0.15) is 0 Å². The highest BCUT2D eigenvalue weighted by Crippen LogP contribution is 2.53. The second kappa shape index (κ2) is 12.0. The van der Waals surface area contributed by atoms with Crippen molar-refractivity contribution in [1.82, 2.24) is 14.1 Å². The number of amides is 1. The van der Waals surface area contributed by atoms with Gasteiger partial charge >= 0.3 is 5.97 Å². The molecule has 2 aromatic rings. The molecule has 0 radical (unpaired) electrons. The number of allylic oxidation sites excluding steroid dienone is 1. The molecule has 9 heteroatoms. The summed E-state index contributed by atoms with van der Waals surface area (Å²) < 4.78 is 7.59. The van der Waals surface area contributed by atoms with Crippen molar-refractivity contribution in [2.24, 2.45) is 5.92 Å². The third-order valence-electron chi connectivity index (χ3n) is 8.23. The first-order valence-corrected chi connectivity index (χ1v) is 15.3. The van der Waals surface area contributed by atoms with E-state index in [9.17, 15) is 9.59 Å². The Hall–Kier alpha value is -2.19. The zero-order chi connectivity index (χ0) is 29.4. The van der Waals surface area contributed by atoms with Gasteiger partial charge in [-0.3, -0.25) is 4.79 Å². The van der Waals surface area contributed by atoms with Crippen LogP contribution in [0.25, 0.3) is 0 Å². The molecule has 1 aliphatic heterocycles. The Morgan fingerprint density at radius 2 is 1.57 bits per heavy atom. The maximum Gasteiger partial charge on any atom is 0.332 e. The number of esters is 1. The van der Waals surface area contributed by atoms with Crippen molar-refractivity contribution in [2.75, 3.05) is 27.2 Å². The van der Waals surface area contributed by atoms with Gasteiger partial charge in [-0.1, -0.05) is 61.3 Å². The Morgan fingerprint density at radius 1 is 1.02 bits per heavy atom. The highest BCUT2D eigenvalue weighted by atomic mass is 35.5. The molecule has 0 N–H and O–H groups in total. The molecule has 2 atom stereocenters. The standard InChI is InChI=1S/C31H39Cl2N3O3S/c1-8-36(31(18-19-31)29(38)39-9-2)28(37)26-25(20(3)4)34(6)27(21-10-14-23(32)15-11-21)30(5,35(7)40-26)22-12-16-24(33)17-13-22/h10-17,20,27H,8-9,18-19H2,1-7H3/t27?,30-/m0/s1. The fraction of sp³-hybridized carbons (Fsp3) is 0.484. The van der Waals surface area contributed by atoms with E-state index < -0.39 is 11.1 Å². The topological polar surface area (TPSA) is 53.1 Å². The number of hydrogen-bond donors (Lipinski definition) is 0. The minimum absolute atomic E-state index is 0.0312. The van der Waals surface area contributed by atoms with Crippen molar-refractivity contribution in [3.63, 3.8) is 0 Å². The molecule has 1 saturated carbocycles. The molecule has 0 aromatic heterocycles. The summed E-state index contributed by atoms with van der Waals surface area (Å²) in [5.74, 6) is -0.429. The van der Waals surface area contributed by atoms with Crippen molar-refractivity contribution in [3.8, 4) is 0 Å². The Labute approximate surface area is 252 Å². The van der Waals surface area contributed by atoms with E-state index in [-0.39, 0.29) is 30.4 Å². The summed E-state index contributed by atoms with van der Waals surface area (Å²) in [5, 5.41) is 1.33. The largest absolute Gasteiger partial charge is 0.464 e. The predicted molar refractivity (Wildman–Crippen MR) is 164 cm³/mol. The summed E-state index contributed by atoms with van der Waals surface area (Å²) in [6, 6.07) is 15.7. The molecule has 1 heterocycles. The quantitative estimate of drug-likeness (QED) is 0.233. The monoisotopic (exact) mass is 603 g/mol. The van der Waals surface area contributed by atoms with Crippen LogP contribution in [0.4, 0.5) is 0 Å². The third-order valence-corrected chi connectivity index (χ3v) is 9.95. The highest BCUT2D eigenvalue weighted by molar-refractivity contribution is 8.01. The normalized spacial score (nSPS) is 22.8. The second-order valence-corrected chi connectivity index (χ2v) is 13.0. The van der Waals surface area contributed by atoms with Crippen LogP contribution in [-0.2, 0) is 19.9 Å². The third kappa shape index (κ3) is 5.38. The first kappa shape index (κ1) is 30.8. The summed E-state index contributed by atoms with van der Waals surface area (Å²) in [7, 11) is 4.09. The first-order chi connectivity index (χ1) is 18.9. The fourth-order valence-corrected chi connectivity index (χ4v) is 7.58. The van der Waals surface area contributed by atoms with Gasteiger partial charge in [0.15, 0.2) is 0 Å². The van der Waals surface area contributed by atoms with E-state index >= 15 is 0 Å². The van der Waals surface area contributed by atoms with E-state index in [0.29, 0.717) is 34.3 Å². The maximum atomic E-state index is 14.5. The average molecular weight is 605 g/mol. The van der Waals surface area contributed by atoms with Crippen molar-refractivity contribution in [1.29, 1.82) is 0 Å². The molecule has 0 bridgehead atoms. The molecule has 6 nitrogen and oxygen atoms in total. The van der Waals surface area contributed by atoms with Gasteiger partial charge in [-0.05, 0) is 93.9 Å². The Bertz CT molecular complexity index is 1280. The van der Waals surface area contributed by atoms with Crippen LogP contribution in [0.5, 0.6) is 0 Å². The molecule has 2 aliphatic rings. The molecule has 1 fully saturated rings. The van der Waals surface area contributed by atoms with E-state index in [2.05, 4.69) is 61.3 Å². The van der Waals surface area contributed by atoms with E-state index in [4.69, 9.17) is 27.9 Å². The van der Waals surface area contributed by atoms with Gasteiger partial charge in [0.2, 0.25) is 0 Å². The number of benzene rings is 2. The molecule has 0 saturated heterocycles. The lowest BCUT2D eigenvalue weighted by atomic mass is 9.79. The van der Waals surface area contributed by atoms with Crippen molar-refractivity contribution in [3.05, 3.63) is 80.3 Å². The summed E-state index contributed by atoms with van der Waals surface area (Å²) >= 11 is 14.1. The van der Waals surface area contributed by atoms with Crippen LogP contribution in [0.3, 0.4) is 0 Å². The first-order valence-electron chi connectivity index (χ1n) is 13.8. The van der Waals surface area contributed by atoms with Crippen LogP contribution in [0.1, 0.15) is 64.6 Å². The van der Waals surface area contributed by atoms with E-state index in [1.807, 2.05) is 38.2 Å². The summed E-state index contributed by atoms with van der Waals surface area (Å²) in [4.78, 5) is 32.1. The lowest BCUT2D eigenvalue weighted by Gasteiger charge is -2.47. The lowest BCUT2D eigenvalue weighted by molar-refractivity contribution is -0.155. The van der Waals surface area contributed by atoms with E-state index in [1.54, 1.807) is 11.8 Å². The van der Waals surface area contributed by atoms with Gasteiger partial charge in [-0.15, -0.1) is 0 Å². The number of carbonyl (C=O) groups is 2. The lowest BCUT2D eigenvalue weighted by Crippen LogP contribution is -2.49. The van der Waals surface area contributed by atoms with Crippen molar-refractivity contribution in [2.45, 2.75) is 64.6 Å². The van der Waals surface area contributed by atoms with Gasteiger partial charge < -0.3 is 14.5 Å². The Kier molecular flexibility index (Phi) is 9.20. The van der Waals surface area contributed by atoms with Gasteiger partial charge in [0.1, 0.15) is 10.4 Å². The predicted octanol–water partition coefficient (Wildman–Crippen LogP) is 7.29. The van der Waals surface area contributed by atoms with Gasteiger partial charge in [-0.25, -0.2) is 9.10 Å². The molecule has 1 aliphatic carbocycles. The Balaban J connectivity index is 1.91. The van der Waals surface area contributed by atoms with Crippen LogP contribution >= 0.6 is 35.1 Å². The molecule has 1 amide bonds. The molecule has 40 heavy (non-hydrogen) atoms. The van der Waals surface area contributed by atoms with Crippen molar-refractivity contribution >= 4 is 47.0 Å². The number of rotatable bonds is 8. The van der Waals surface area contributed by atoms with Crippen molar-refractivity contribution < 1.29 is 14.3 Å². The zero-order valence-corrected chi connectivity index (χ0v) is 26.7. The van der Waals surface area contributed by atoms with Gasteiger partial charge in [0.05, 0.1) is 18.2 Å². The van der Waals surface area contributed by atoms with E-state index in [0.717, 1.165) is 16.8 Å². The molecule has 216 valence electrons.